The minimum Gasteiger partial charge on any atom is -0.479 e. The molecule has 1 aliphatic carbocycles. The van der Waals surface area contributed by atoms with Crippen LogP contribution >= 0.6 is 0 Å². The van der Waals surface area contributed by atoms with Gasteiger partial charge in [0.25, 0.3) is 0 Å². The Morgan fingerprint density at radius 2 is 2.29 bits per heavy atom. The molecule has 17 heavy (non-hydrogen) atoms. The lowest BCUT2D eigenvalue weighted by Gasteiger charge is -2.35. The summed E-state index contributed by atoms with van der Waals surface area (Å²) in [6.07, 6.45) is 3.86. The van der Waals surface area contributed by atoms with Gasteiger partial charge in [0, 0.05) is 0 Å². The molecule has 0 spiro atoms. The summed E-state index contributed by atoms with van der Waals surface area (Å²) in [7, 11) is 0. The van der Waals surface area contributed by atoms with Gasteiger partial charge in [-0.1, -0.05) is 30.3 Å². The number of benzene rings is 1. The molecule has 2 rings (SSSR count). The predicted molar refractivity (Wildman–Crippen MR) is 64.8 cm³/mol. The Kier molecular flexibility index (Phi) is 3.29. The minimum absolute atomic E-state index is 0.251. The summed E-state index contributed by atoms with van der Waals surface area (Å²) < 4.78 is 5.59. The molecular weight excluding hydrogens is 216 g/mol. The van der Waals surface area contributed by atoms with Gasteiger partial charge in [0.05, 0.1) is 6.61 Å². The van der Waals surface area contributed by atoms with Gasteiger partial charge in [0.1, 0.15) is 0 Å². The molecule has 0 saturated heterocycles. The molecule has 1 atom stereocenters. The molecule has 0 amide bonds. The second kappa shape index (κ2) is 4.72. The fourth-order valence-electron chi connectivity index (χ4n) is 2.43. The molecule has 1 aliphatic rings. The van der Waals surface area contributed by atoms with Crippen LogP contribution in [0.5, 0.6) is 0 Å². The number of rotatable bonds is 4. The Morgan fingerprint density at radius 1 is 1.53 bits per heavy atom. The van der Waals surface area contributed by atoms with Crippen LogP contribution in [0.1, 0.15) is 24.0 Å². The van der Waals surface area contributed by atoms with Crippen molar-refractivity contribution in [1.29, 1.82) is 0 Å². The third-order valence-corrected chi connectivity index (χ3v) is 3.22. The van der Waals surface area contributed by atoms with E-state index < -0.39 is 11.6 Å². The molecule has 0 bridgehead atoms. The number of aryl methyl sites for hydroxylation is 1. The van der Waals surface area contributed by atoms with Gasteiger partial charge < -0.3 is 9.84 Å². The van der Waals surface area contributed by atoms with Gasteiger partial charge >= 0.3 is 5.97 Å². The molecule has 0 radical (unpaired) electrons. The molecule has 0 fully saturated rings. The lowest BCUT2D eigenvalue weighted by atomic mass is 9.79. The van der Waals surface area contributed by atoms with Crippen LogP contribution in [0.4, 0.5) is 0 Å². The van der Waals surface area contributed by atoms with E-state index in [0.29, 0.717) is 6.42 Å². The van der Waals surface area contributed by atoms with Crippen LogP contribution in [0.3, 0.4) is 0 Å². The second-order valence-corrected chi connectivity index (χ2v) is 4.24. The third kappa shape index (κ3) is 1.98. The zero-order chi connectivity index (χ0) is 12.3. The average molecular weight is 232 g/mol. The van der Waals surface area contributed by atoms with Crippen LogP contribution in [0.25, 0.3) is 0 Å². The van der Waals surface area contributed by atoms with E-state index in [0.717, 1.165) is 24.0 Å². The van der Waals surface area contributed by atoms with E-state index in [1.807, 2.05) is 24.3 Å². The standard InChI is InChI=1S/C14H16O3/c1-2-10-17-14(13(15)16)9-5-7-11-6-3-4-8-12(11)14/h2-4,6,8H,1,5,7,9-10H2,(H,15,16). The predicted octanol–water partition coefficient (Wildman–Crippen LogP) is 2.51. The number of carboxylic acid groups (broad SMARTS) is 1. The largest absolute Gasteiger partial charge is 0.479 e. The Bertz CT molecular complexity index is 439. The van der Waals surface area contributed by atoms with Crippen LogP contribution in [0.2, 0.25) is 0 Å². The molecule has 1 unspecified atom stereocenters. The highest BCUT2D eigenvalue weighted by Crippen LogP contribution is 2.38. The smallest absolute Gasteiger partial charge is 0.340 e. The zero-order valence-corrected chi connectivity index (χ0v) is 9.69. The number of hydrogen-bond donors (Lipinski definition) is 1. The average Bonchev–Trinajstić information content (AvgIpc) is 2.36. The van der Waals surface area contributed by atoms with Crippen molar-refractivity contribution < 1.29 is 14.6 Å². The highest BCUT2D eigenvalue weighted by atomic mass is 16.5. The highest BCUT2D eigenvalue weighted by Gasteiger charge is 2.44. The first-order valence-corrected chi connectivity index (χ1v) is 5.77. The van der Waals surface area contributed by atoms with Crippen LogP contribution < -0.4 is 0 Å². The number of aliphatic carboxylic acids is 1. The van der Waals surface area contributed by atoms with Gasteiger partial charge in [0.2, 0.25) is 0 Å². The maximum absolute atomic E-state index is 11.6. The second-order valence-electron chi connectivity index (χ2n) is 4.24. The van der Waals surface area contributed by atoms with Crippen molar-refractivity contribution >= 4 is 5.97 Å². The number of ether oxygens (including phenoxy) is 1. The van der Waals surface area contributed by atoms with E-state index in [1.165, 1.54) is 0 Å². The zero-order valence-electron chi connectivity index (χ0n) is 9.69. The maximum Gasteiger partial charge on any atom is 0.340 e. The Hall–Kier alpha value is -1.61. The van der Waals surface area contributed by atoms with Crippen molar-refractivity contribution in [2.75, 3.05) is 6.61 Å². The van der Waals surface area contributed by atoms with Crippen molar-refractivity contribution in [2.24, 2.45) is 0 Å². The number of carbonyl (C=O) groups is 1. The molecule has 0 saturated carbocycles. The molecule has 0 aromatic heterocycles. The Balaban J connectivity index is 2.47. The van der Waals surface area contributed by atoms with E-state index in [2.05, 4.69) is 6.58 Å². The first kappa shape index (κ1) is 11.9. The fourth-order valence-corrected chi connectivity index (χ4v) is 2.43. The highest BCUT2D eigenvalue weighted by molar-refractivity contribution is 5.80. The summed E-state index contributed by atoms with van der Waals surface area (Å²) in [5, 5.41) is 9.50. The van der Waals surface area contributed by atoms with E-state index in [4.69, 9.17) is 4.74 Å². The van der Waals surface area contributed by atoms with Crippen molar-refractivity contribution in [1.82, 2.24) is 0 Å². The summed E-state index contributed by atoms with van der Waals surface area (Å²) in [5.74, 6) is -0.911. The van der Waals surface area contributed by atoms with Crippen LogP contribution in [-0.2, 0) is 21.6 Å². The number of hydrogen-bond acceptors (Lipinski definition) is 2. The first-order chi connectivity index (χ1) is 8.20. The monoisotopic (exact) mass is 232 g/mol. The number of carboxylic acids is 1. The van der Waals surface area contributed by atoms with Gasteiger partial charge in [-0.25, -0.2) is 4.79 Å². The van der Waals surface area contributed by atoms with E-state index >= 15 is 0 Å². The van der Waals surface area contributed by atoms with E-state index in [9.17, 15) is 9.90 Å². The number of fused-ring (bicyclic) bond motifs is 1. The van der Waals surface area contributed by atoms with Crippen molar-refractivity contribution in [3.05, 3.63) is 48.0 Å². The fraction of sp³-hybridized carbons (Fsp3) is 0.357. The maximum atomic E-state index is 11.6. The lowest BCUT2D eigenvalue weighted by molar-refractivity contribution is -0.168. The molecule has 90 valence electrons. The summed E-state index contributed by atoms with van der Waals surface area (Å²) in [4.78, 5) is 11.6. The van der Waals surface area contributed by atoms with Crippen molar-refractivity contribution in [2.45, 2.75) is 24.9 Å². The Labute approximate surface area is 101 Å². The van der Waals surface area contributed by atoms with Gasteiger partial charge in [-0.15, -0.1) is 6.58 Å². The van der Waals surface area contributed by atoms with Crippen LogP contribution in [0.15, 0.2) is 36.9 Å². The lowest BCUT2D eigenvalue weighted by Crippen LogP contribution is -2.41. The normalized spacial score (nSPS) is 22.8. The summed E-state index contributed by atoms with van der Waals surface area (Å²) in [6.45, 7) is 3.82. The first-order valence-electron chi connectivity index (χ1n) is 5.77. The van der Waals surface area contributed by atoms with Gasteiger partial charge in [-0.3, -0.25) is 0 Å². The summed E-state index contributed by atoms with van der Waals surface area (Å²) >= 11 is 0. The van der Waals surface area contributed by atoms with Crippen LogP contribution in [-0.4, -0.2) is 17.7 Å². The molecule has 0 aliphatic heterocycles. The van der Waals surface area contributed by atoms with Crippen molar-refractivity contribution in [3.8, 4) is 0 Å². The summed E-state index contributed by atoms with van der Waals surface area (Å²) in [6, 6.07) is 7.62. The minimum atomic E-state index is -1.19. The molecule has 1 N–H and O–H groups in total. The van der Waals surface area contributed by atoms with E-state index in [-0.39, 0.29) is 6.61 Å². The molecule has 3 heteroatoms. The SMILES string of the molecule is C=CCOC1(C(=O)O)CCCc2ccccc21. The van der Waals surface area contributed by atoms with Gasteiger partial charge in [-0.05, 0) is 30.4 Å². The van der Waals surface area contributed by atoms with Crippen molar-refractivity contribution in [3.63, 3.8) is 0 Å². The van der Waals surface area contributed by atoms with Gasteiger partial charge in [0.15, 0.2) is 5.60 Å². The molecule has 1 aromatic carbocycles. The Morgan fingerprint density at radius 3 is 3.00 bits per heavy atom. The molecule has 1 aromatic rings. The molecule has 0 heterocycles. The third-order valence-electron chi connectivity index (χ3n) is 3.22. The summed E-state index contributed by atoms with van der Waals surface area (Å²) in [5.41, 5.74) is 0.675. The van der Waals surface area contributed by atoms with Crippen LogP contribution in [0, 0.1) is 0 Å². The topological polar surface area (TPSA) is 46.5 Å². The van der Waals surface area contributed by atoms with Gasteiger partial charge in [-0.2, -0.15) is 0 Å². The quantitative estimate of drug-likeness (QED) is 0.811. The van der Waals surface area contributed by atoms with E-state index in [1.54, 1.807) is 6.08 Å². The molecule has 3 nitrogen and oxygen atoms in total. The molecular formula is C14H16O3.